The molecular formula is C58H87N11O18S. The van der Waals surface area contributed by atoms with Gasteiger partial charge in [-0.05, 0) is 90.3 Å². The zero-order valence-electron chi connectivity index (χ0n) is 50.9. The quantitative estimate of drug-likeness (QED) is 0.0383. The standard InChI is InChI=1S/C58H87N11O18S/c1-10-31(8)48(69-56(84)47(30(6)7)67-49(77)36(59)21-22-88-9)57(85)64-38(24-32-11-15-34(70)16-12-32)51(79)61-37(19-20-43(60)72)50(78)62-39(25-33-13-17-35(71)18-14-33)54(82)68-46(29(4)5)55(83)65-41(27-45(75)76)52(80)63-40(26-44(73)74)53(81)66-42(58(86)87)23-28(2)3/h11-18,28-31,36-42,46-48,70-71H,10,19-27,59H2,1-9H3,(H2,60,72)(H,61,79)(H,62,78)(H,63,80)(H,64,85)(H,65,83)(H,66,81)(H,67,77)(H,68,82)(H,69,84)(H,73,74)(H,75,76)(H,86,87)/t31-,36-,37-,38-,39-,40-,41-,42-,46-,47-,48-/m0/s1. The Hall–Kier alpha value is -8.54. The summed E-state index contributed by atoms with van der Waals surface area (Å²) in [6.45, 7) is 13.0. The van der Waals surface area contributed by atoms with Gasteiger partial charge in [-0.25, -0.2) is 4.79 Å². The lowest BCUT2D eigenvalue weighted by atomic mass is 9.95. The molecule has 0 fully saturated rings. The van der Waals surface area contributed by atoms with E-state index < -0.39 is 181 Å². The number of hydrogen-bond acceptors (Lipinski definition) is 17. The maximum atomic E-state index is 14.6. The monoisotopic (exact) mass is 1260 g/mol. The lowest BCUT2D eigenvalue weighted by molar-refractivity contribution is -0.145. The number of hydrogen-bond donors (Lipinski definition) is 16. The SMILES string of the molecule is CC[C@H](C)[C@H](NC(=O)[C@@H](NC(=O)[C@@H](N)CCSC)C(C)C)C(=O)N[C@@H](Cc1ccc(O)cc1)C(=O)N[C@@H](CCC(N)=O)C(=O)N[C@@H](Cc1ccc(O)cc1)C(=O)N[C@H](C(=O)N[C@@H](CC(=O)O)C(=O)N[C@@H](CC(=O)O)C(=O)N[C@@H](CC(C)C)C(=O)O)C(C)C. The Labute approximate surface area is 514 Å². The zero-order chi connectivity index (χ0) is 66.7. The molecule has 11 atom stereocenters. The van der Waals surface area contributed by atoms with Gasteiger partial charge in [0.1, 0.15) is 65.9 Å². The lowest BCUT2D eigenvalue weighted by Crippen LogP contribution is -2.62. The molecule has 0 aliphatic heterocycles. The summed E-state index contributed by atoms with van der Waals surface area (Å²) < 4.78 is 0. The van der Waals surface area contributed by atoms with Crippen molar-refractivity contribution in [2.45, 2.75) is 174 Å². The molecule has 0 saturated heterocycles. The Morgan fingerprint density at radius 3 is 1.23 bits per heavy atom. The van der Waals surface area contributed by atoms with Crippen molar-refractivity contribution in [2.75, 3.05) is 12.0 Å². The molecule has 0 unspecified atom stereocenters. The van der Waals surface area contributed by atoms with Gasteiger partial charge in [0, 0.05) is 19.3 Å². The first kappa shape index (κ1) is 75.6. The first-order valence-electron chi connectivity index (χ1n) is 28.7. The minimum absolute atomic E-state index is 0.0878. The highest BCUT2D eigenvalue weighted by Gasteiger charge is 2.38. The van der Waals surface area contributed by atoms with Crippen LogP contribution in [0.2, 0.25) is 0 Å². The number of aromatic hydroxyl groups is 2. The second-order valence-corrected chi connectivity index (χ2v) is 23.5. The van der Waals surface area contributed by atoms with Crippen molar-refractivity contribution in [3.8, 4) is 11.5 Å². The first-order chi connectivity index (χ1) is 41.2. The average molecular weight is 1260 g/mol. The second kappa shape index (κ2) is 37.2. The number of nitrogens with two attached hydrogens (primary N) is 2. The number of carboxylic acids is 3. The summed E-state index contributed by atoms with van der Waals surface area (Å²) in [6.07, 6.45) is -1.50. The largest absolute Gasteiger partial charge is 0.508 e. The molecule has 0 saturated carbocycles. The van der Waals surface area contributed by atoms with E-state index in [0.717, 1.165) is 0 Å². The van der Waals surface area contributed by atoms with Crippen molar-refractivity contribution in [1.29, 1.82) is 0 Å². The molecule has 0 radical (unpaired) electrons. The van der Waals surface area contributed by atoms with Crippen LogP contribution < -0.4 is 59.3 Å². The summed E-state index contributed by atoms with van der Waals surface area (Å²) in [6, 6.07) is -4.61. The molecule has 30 heteroatoms. The second-order valence-electron chi connectivity index (χ2n) is 22.5. The molecule has 0 spiro atoms. The van der Waals surface area contributed by atoms with Gasteiger partial charge in [-0.3, -0.25) is 57.5 Å². The fraction of sp³-hybridized carbons (Fsp3) is 0.569. The summed E-state index contributed by atoms with van der Waals surface area (Å²) in [5.74, 6) is -16.7. The molecule has 29 nitrogen and oxygen atoms in total. The van der Waals surface area contributed by atoms with Crippen LogP contribution in [0, 0.1) is 23.7 Å². The van der Waals surface area contributed by atoms with Gasteiger partial charge in [0.15, 0.2) is 0 Å². The van der Waals surface area contributed by atoms with E-state index in [9.17, 15) is 87.9 Å². The van der Waals surface area contributed by atoms with Gasteiger partial charge in [0.25, 0.3) is 0 Å². The van der Waals surface area contributed by atoms with E-state index in [0.29, 0.717) is 29.7 Å². The van der Waals surface area contributed by atoms with Gasteiger partial charge in [-0.1, -0.05) is 86.1 Å². The van der Waals surface area contributed by atoms with Crippen LogP contribution in [0.25, 0.3) is 0 Å². The van der Waals surface area contributed by atoms with Gasteiger partial charge < -0.3 is 84.9 Å². The molecule has 0 heterocycles. The molecule has 10 amide bonds. The predicted molar refractivity (Wildman–Crippen MR) is 321 cm³/mol. The van der Waals surface area contributed by atoms with Crippen LogP contribution in [0.4, 0.5) is 0 Å². The van der Waals surface area contributed by atoms with Crippen molar-refractivity contribution in [2.24, 2.45) is 35.1 Å². The van der Waals surface area contributed by atoms with E-state index >= 15 is 0 Å². The highest BCUT2D eigenvalue weighted by Crippen LogP contribution is 2.17. The average Bonchev–Trinajstić information content (AvgIpc) is 3.60. The number of benzene rings is 2. The van der Waals surface area contributed by atoms with Crippen molar-refractivity contribution < 1.29 is 87.9 Å². The Morgan fingerprint density at radius 1 is 0.466 bits per heavy atom. The Balaban J connectivity index is 2.61. The molecule has 2 aromatic carbocycles. The van der Waals surface area contributed by atoms with E-state index in [1.165, 1.54) is 74.1 Å². The van der Waals surface area contributed by atoms with Crippen LogP contribution >= 0.6 is 11.8 Å². The van der Waals surface area contributed by atoms with Gasteiger partial charge in [-0.15, -0.1) is 0 Å². The molecule has 0 bridgehead atoms. The third kappa shape index (κ3) is 26.6. The number of nitrogens with one attached hydrogen (secondary N) is 9. The molecular weight excluding hydrogens is 1170 g/mol. The van der Waals surface area contributed by atoms with Crippen molar-refractivity contribution in [3.63, 3.8) is 0 Å². The van der Waals surface area contributed by atoms with Crippen LogP contribution in [-0.2, 0) is 75.2 Å². The van der Waals surface area contributed by atoms with E-state index in [4.69, 9.17) is 11.5 Å². The predicted octanol–water partition coefficient (Wildman–Crippen LogP) is -0.970. The number of carbonyl (C=O) groups excluding carboxylic acids is 10. The summed E-state index contributed by atoms with van der Waals surface area (Å²) in [4.78, 5) is 174. The smallest absolute Gasteiger partial charge is 0.326 e. The van der Waals surface area contributed by atoms with Crippen LogP contribution in [0.1, 0.15) is 111 Å². The molecule has 18 N–H and O–H groups in total. The highest BCUT2D eigenvalue weighted by molar-refractivity contribution is 7.98. The number of aliphatic carboxylic acids is 3. The number of thioether (sulfide) groups is 1. The highest BCUT2D eigenvalue weighted by atomic mass is 32.2. The van der Waals surface area contributed by atoms with E-state index in [1.807, 2.05) is 6.26 Å². The number of carboxylic acid groups (broad SMARTS) is 3. The van der Waals surface area contributed by atoms with Crippen molar-refractivity contribution in [1.82, 2.24) is 47.9 Å². The Bertz CT molecular complexity index is 2750. The van der Waals surface area contributed by atoms with Crippen LogP contribution in [0.5, 0.6) is 11.5 Å². The Morgan fingerprint density at radius 2 is 0.818 bits per heavy atom. The number of phenolic OH excluding ortho intramolecular Hbond substituents is 2. The Kier molecular flexibility index (Phi) is 32.0. The third-order valence-corrected chi connectivity index (χ3v) is 14.6. The molecule has 0 aromatic heterocycles. The molecule has 2 aromatic rings. The fourth-order valence-corrected chi connectivity index (χ4v) is 9.18. The molecule has 88 heavy (non-hydrogen) atoms. The van der Waals surface area contributed by atoms with E-state index in [1.54, 1.807) is 41.5 Å². The maximum Gasteiger partial charge on any atom is 0.326 e. The third-order valence-electron chi connectivity index (χ3n) is 13.9. The van der Waals surface area contributed by atoms with E-state index in [2.05, 4.69) is 47.9 Å². The van der Waals surface area contributed by atoms with Crippen LogP contribution in [0.3, 0.4) is 0 Å². The minimum Gasteiger partial charge on any atom is -0.508 e. The first-order valence-corrected chi connectivity index (χ1v) is 30.1. The van der Waals surface area contributed by atoms with Gasteiger partial charge in [0.2, 0.25) is 59.1 Å². The molecule has 0 aliphatic carbocycles. The zero-order valence-corrected chi connectivity index (χ0v) is 51.7. The van der Waals surface area contributed by atoms with Crippen molar-refractivity contribution in [3.05, 3.63) is 59.7 Å². The van der Waals surface area contributed by atoms with Gasteiger partial charge in [-0.2, -0.15) is 11.8 Å². The van der Waals surface area contributed by atoms with Gasteiger partial charge >= 0.3 is 17.9 Å². The lowest BCUT2D eigenvalue weighted by Gasteiger charge is -2.30. The fourth-order valence-electron chi connectivity index (χ4n) is 8.69. The molecule has 0 aliphatic rings. The van der Waals surface area contributed by atoms with Crippen LogP contribution in [0.15, 0.2) is 48.5 Å². The summed E-state index contributed by atoms with van der Waals surface area (Å²) in [5, 5.41) is 71.2. The van der Waals surface area contributed by atoms with Crippen LogP contribution in [-0.4, -0.2) is 175 Å². The number of rotatable bonds is 39. The summed E-state index contributed by atoms with van der Waals surface area (Å²) in [7, 11) is 0. The van der Waals surface area contributed by atoms with Gasteiger partial charge in [0.05, 0.1) is 18.9 Å². The number of phenols is 2. The topological polar surface area (TPSA) is 483 Å². The number of carbonyl (C=O) groups is 13. The summed E-state index contributed by atoms with van der Waals surface area (Å²) >= 11 is 1.48. The normalized spacial score (nSPS) is 15.0. The van der Waals surface area contributed by atoms with Crippen molar-refractivity contribution >= 4 is 88.7 Å². The number of amides is 10. The minimum atomic E-state index is -2.04. The maximum absolute atomic E-state index is 14.6. The van der Waals surface area contributed by atoms with E-state index in [-0.39, 0.29) is 36.7 Å². The molecule has 488 valence electrons. The molecule has 2 rings (SSSR count). The number of primary amides is 1. The summed E-state index contributed by atoms with van der Waals surface area (Å²) in [5.41, 5.74) is 12.3.